The number of urea groups is 1. The predicted molar refractivity (Wildman–Crippen MR) is 129 cm³/mol. The van der Waals surface area contributed by atoms with Crippen molar-refractivity contribution >= 4 is 41.7 Å². The lowest BCUT2D eigenvalue weighted by atomic mass is 9.68. The van der Waals surface area contributed by atoms with Crippen molar-refractivity contribution in [1.29, 1.82) is 0 Å². The van der Waals surface area contributed by atoms with E-state index < -0.39 is 5.97 Å². The smallest absolute Gasteiger partial charge is 0.335 e. The van der Waals surface area contributed by atoms with Crippen LogP contribution >= 0.6 is 24.0 Å². The highest BCUT2D eigenvalue weighted by atomic mass is 35.5. The third-order valence-electron chi connectivity index (χ3n) is 6.96. The molecule has 1 aliphatic carbocycles. The molecule has 3 N–H and O–H groups in total. The summed E-state index contributed by atoms with van der Waals surface area (Å²) in [6.07, 6.45) is 3.65. The number of anilines is 1. The highest BCUT2D eigenvalue weighted by Gasteiger charge is 2.41. The largest absolute Gasteiger partial charge is 0.478 e. The first kappa shape index (κ1) is 24.4. The number of aryl methyl sites for hydroxylation is 1. The fraction of sp³-hybridized carbons (Fsp3) is 0.417. The fourth-order valence-corrected chi connectivity index (χ4v) is 5.29. The minimum absolute atomic E-state index is 0. The second-order valence-electron chi connectivity index (χ2n) is 8.66. The van der Waals surface area contributed by atoms with Crippen LogP contribution in [0.15, 0.2) is 42.5 Å². The molecule has 1 saturated carbocycles. The summed E-state index contributed by atoms with van der Waals surface area (Å²) >= 11 is 6.22. The zero-order valence-corrected chi connectivity index (χ0v) is 19.7. The van der Waals surface area contributed by atoms with E-state index in [1.165, 1.54) is 5.56 Å². The minimum Gasteiger partial charge on any atom is -0.478 e. The zero-order chi connectivity index (χ0) is 22.2. The van der Waals surface area contributed by atoms with Gasteiger partial charge in [0.05, 0.1) is 5.56 Å². The number of nitrogens with two attached hydrogens (primary N) is 1. The molecule has 2 aromatic rings. The lowest BCUT2D eigenvalue weighted by Crippen LogP contribution is -2.47. The summed E-state index contributed by atoms with van der Waals surface area (Å²) in [4.78, 5) is 28.2. The minimum atomic E-state index is -0.964. The molecular formula is C24H29Cl2N3O3. The highest BCUT2D eigenvalue weighted by Crippen LogP contribution is 2.41. The van der Waals surface area contributed by atoms with E-state index in [0.717, 1.165) is 42.0 Å². The number of benzene rings is 2. The molecule has 4 rings (SSSR count). The van der Waals surface area contributed by atoms with Gasteiger partial charge in [0, 0.05) is 41.8 Å². The number of hydrogen-bond acceptors (Lipinski definition) is 3. The number of carboxylic acids is 1. The van der Waals surface area contributed by atoms with Crippen LogP contribution < -0.4 is 10.6 Å². The Labute approximate surface area is 199 Å². The zero-order valence-electron chi connectivity index (χ0n) is 18.1. The highest BCUT2D eigenvalue weighted by molar-refractivity contribution is 6.30. The lowest BCUT2D eigenvalue weighted by molar-refractivity contribution is 0.0696. The number of carbonyl (C=O) groups is 2. The van der Waals surface area contributed by atoms with Gasteiger partial charge < -0.3 is 15.7 Å². The van der Waals surface area contributed by atoms with E-state index in [4.69, 9.17) is 17.3 Å². The molecule has 0 bridgehead atoms. The summed E-state index contributed by atoms with van der Waals surface area (Å²) < 4.78 is 0. The first-order valence-electron chi connectivity index (χ1n) is 10.7. The molecule has 0 aromatic heterocycles. The fourth-order valence-electron chi connectivity index (χ4n) is 5.10. The monoisotopic (exact) mass is 477 g/mol. The molecule has 0 spiro atoms. The van der Waals surface area contributed by atoms with Gasteiger partial charge in [-0.1, -0.05) is 23.7 Å². The van der Waals surface area contributed by atoms with Crippen LogP contribution in [-0.2, 0) is 5.41 Å². The van der Waals surface area contributed by atoms with E-state index in [1.54, 1.807) is 23.1 Å². The van der Waals surface area contributed by atoms with Crippen LogP contribution in [0, 0.1) is 6.92 Å². The Hall–Kier alpha value is -2.28. The number of nitrogens with zero attached hydrogens (tertiary/aromatic N) is 2. The Morgan fingerprint density at radius 1 is 1.19 bits per heavy atom. The van der Waals surface area contributed by atoms with Gasteiger partial charge in [-0.2, -0.15) is 0 Å². The molecule has 2 fully saturated rings. The van der Waals surface area contributed by atoms with Gasteiger partial charge in [-0.05, 0) is 74.1 Å². The number of carboxylic acid groups (broad SMARTS) is 1. The second kappa shape index (κ2) is 9.69. The summed E-state index contributed by atoms with van der Waals surface area (Å²) in [5.41, 5.74) is 9.12. The van der Waals surface area contributed by atoms with Gasteiger partial charge in [-0.25, -0.2) is 9.59 Å². The van der Waals surface area contributed by atoms with E-state index in [1.807, 2.05) is 30.0 Å². The maximum absolute atomic E-state index is 13.2. The Balaban J connectivity index is 0.00000289. The number of halogens is 2. The van der Waals surface area contributed by atoms with Crippen LogP contribution in [-0.4, -0.2) is 47.7 Å². The van der Waals surface area contributed by atoms with Crippen LogP contribution in [0.5, 0.6) is 0 Å². The molecule has 0 unspecified atom stereocenters. The van der Waals surface area contributed by atoms with E-state index in [0.29, 0.717) is 19.6 Å². The average molecular weight is 478 g/mol. The standard InChI is InChI=1S/C24H28ClN3O3.ClH/c1-16-13-17(22(29)30)5-6-21(16)28-12-11-27(23(28)31)20-7-9-24(15-26,10-8-20)18-3-2-4-19(25)14-18;/h2-6,13-14,20H,7-12,15,26H2,1H3,(H,29,30);1H/t20-,24+;. The van der Waals surface area contributed by atoms with Crippen molar-refractivity contribution in [3.05, 3.63) is 64.2 Å². The van der Waals surface area contributed by atoms with Crippen LogP contribution in [0.25, 0.3) is 0 Å². The molecule has 2 amide bonds. The van der Waals surface area contributed by atoms with Gasteiger partial charge in [0.2, 0.25) is 0 Å². The average Bonchev–Trinajstić information content (AvgIpc) is 3.14. The maximum Gasteiger partial charge on any atom is 0.335 e. The lowest BCUT2D eigenvalue weighted by Gasteiger charge is -2.42. The summed E-state index contributed by atoms with van der Waals surface area (Å²) in [7, 11) is 0. The molecular weight excluding hydrogens is 449 g/mol. The Kier molecular flexibility index (Phi) is 7.38. The predicted octanol–water partition coefficient (Wildman–Crippen LogP) is 4.85. The molecule has 6 nitrogen and oxygen atoms in total. The summed E-state index contributed by atoms with van der Waals surface area (Å²) in [5, 5.41) is 9.91. The van der Waals surface area contributed by atoms with Gasteiger partial charge in [-0.3, -0.25) is 4.90 Å². The van der Waals surface area contributed by atoms with Crippen molar-refractivity contribution < 1.29 is 14.7 Å². The van der Waals surface area contributed by atoms with Crippen LogP contribution in [0.4, 0.5) is 10.5 Å². The number of rotatable bonds is 5. The second-order valence-corrected chi connectivity index (χ2v) is 9.10. The number of hydrogen-bond donors (Lipinski definition) is 2. The topological polar surface area (TPSA) is 86.9 Å². The first-order chi connectivity index (χ1) is 14.8. The molecule has 8 heteroatoms. The van der Waals surface area contributed by atoms with Gasteiger partial charge in [0.15, 0.2) is 0 Å². The van der Waals surface area contributed by atoms with Crippen molar-refractivity contribution in [2.75, 3.05) is 24.5 Å². The number of carbonyl (C=O) groups excluding carboxylic acids is 1. The summed E-state index contributed by atoms with van der Waals surface area (Å²) in [5.74, 6) is -0.964. The van der Waals surface area contributed by atoms with Gasteiger partial charge in [-0.15, -0.1) is 12.4 Å². The van der Waals surface area contributed by atoms with E-state index in [-0.39, 0.29) is 35.5 Å². The summed E-state index contributed by atoms with van der Waals surface area (Å²) in [6, 6.07) is 13.1. The normalized spacial score (nSPS) is 23.2. The number of amides is 2. The van der Waals surface area contributed by atoms with Gasteiger partial charge in [0.1, 0.15) is 0 Å². The van der Waals surface area contributed by atoms with Crippen molar-refractivity contribution in [2.45, 2.75) is 44.1 Å². The van der Waals surface area contributed by atoms with E-state index in [2.05, 4.69) is 6.07 Å². The van der Waals surface area contributed by atoms with Crippen molar-refractivity contribution in [1.82, 2.24) is 4.90 Å². The molecule has 32 heavy (non-hydrogen) atoms. The molecule has 0 atom stereocenters. The quantitative estimate of drug-likeness (QED) is 0.643. The summed E-state index contributed by atoms with van der Waals surface area (Å²) in [6.45, 7) is 3.70. The molecule has 1 saturated heterocycles. The third-order valence-corrected chi connectivity index (χ3v) is 7.19. The first-order valence-corrected chi connectivity index (χ1v) is 11.1. The molecule has 2 aliphatic rings. The Morgan fingerprint density at radius 2 is 1.91 bits per heavy atom. The van der Waals surface area contributed by atoms with Crippen LogP contribution in [0.1, 0.15) is 47.2 Å². The maximum atomic E-state index is 13.2. The number of aromatic carboxylic acids is 1. The molecule has 0 radical (unpaired) electrons. The van der Waals surface area contributed by atoms with Gasteiger partial charge in [0.25, 0.3) is 0 Å². The Morgan fingerprint density at radius 3 is 2.50 bits per heavy atom. The molecule has 172 valence electrons. The Bertz CT molecular complexity index is 1010. The molecule has 2 aromatic carbocycles. The van der Waals surface area contributed by atoms with E-state index >= 15 is 0 Å². The van der Waals surface area contributed by atoms with Crippen molar-refractivity contribution in [2.24, 2.45) is 5.73 Å². The van der Waals surface area contributed by atoms with Crippen molar-refractivity contribution in [3.8, 4) is 0 Å². The third kappa shape index (κ3) is 4.45. The van der Waals surface area contributed by atoms with Gasteiger partial charge >= 0.3 is 12.0 Å². The van der Waals surface area contributed by atoms with E-state index in [9.17, 15) is 14.7 Å². The SMILES string of the molecule is Cc1cc(C(=O)O)ccc1N1CCN([C@H]2CC[C@@](CN)(c3cccc(Cl)c3)CC2)C1=O.Cl. The van der Waals surface area contributed by atoms with Crippen LogP contribution in [0.2, 0.25) is 5.02 Å². The molecule has 1 aliphatic heterocycles. The van der Waals surface area contributed by atoms with Crippen LogP contribution in [0.3, 0.4) is 0 Å². The van der Waals surface area contributed by atoms with Crippen molar-refractivity contribution in [3.63, 3.8) is 0 Å². The molecule has 1 heterocycles.